The van der Waals surface area contributed by atoms with E-state index in [1.165, 1.54) is 0 Å². The molecule has 0 N–H and O–H groups in total. The van der Waals surface area contributed by atoms with Crippen molar-refractivity contribution in [2.45, 2.75) is 40.0 Å². The van der Waals surface area contributed by atoms with Gasteiger partial charge in [-0.05, 0) is 52.0 Å². The quantitative estimate of drug-likeness (QED) is 0.374. The third-order valence-electron chi connectivity index (χ3n) is 3.84. The van der Waals surface area contributed by atoms with Crippen LogP contribution in [0.5, 0.6) is 17.2 Å². The molecular formula is C21H27NO5. The molecule has 0 aromatic heterocycles. The fraction of sp³-hybridized carbons (Fsp3) is 0.381. The van der Waals surface area contributed by atoms with Gasteiger partial charge in [-0.1, -0.05) is 18.2 Å². The maximum Gasteiger partial charge on any atom is 0.515 e. The van der Waals surface area contributed by atoms with Gasteiger partial charge in [0.15, 0.2) is 17.7 Å². The summed E-state index contributed by atoms with van der Waals surface area (Å²) in [6.45, 7) is 8.24. The van der Waals surface area contributed by atoms with Gasteiger partial charge in [0.25, 0.3) is 0 Å². The summed E-state index contributed by atoms with van der Waals surface area (Å²) in [7, 11) is 1.61. The molecule has 146 valence electrons. The Morgan fingerprint density at radius 3 is 2.37 bits per heavy atom. The van der Waals surface area contributed by atoms with Gasteiger partial charge in [-0.15, -0.1) is 0 Å². The van der Waals surface area contributed by atoms with Gasteiger partial charge in [-0.2, -0.15) is 0 Å². The number of hydrogen-bond donors (Lipinski definition) is 0. The topological polar surface area (TPSA) is 57.2 Å². The van der Waals surface area contributed by atoms with E-state index in [1.807, 2.05) is 56.0 Å². The van der Waals surface area contributed by atoms with Crippen LogP contribution in [0, 0.1) is 0 Å². The van der Waals surface area contributed by atoms with E-state index >= 15 is 0 Å². The van der Waals surface area contributed by atoms with Crippen molar-refractivity contribution in [3.05, 3.63) is 48.5 Å². The minimum atomic E-state index is -0.788. The predicted molar refractivity (Wildman–Crippen MR) is 105 cm³/mol. The summed E-state index contributed by atoms with van der Waals surface area (Å²) in [4.78, 5) is 14.2. The number of ether oxygens (including phenoxy) is 4. The highest BCUT2D eigenvalue weighted by Crippen LogP contribution is 2.28. The van der Waals surface area contributed by atoms with Crippen LogP contribution in [0.25, 0.3) is 0 Å². The Kier molecular flexibility index (Phi) is 7.34. The lowest BCUT2D eigenvalue weighted by atomic mass is 10.2. The Morgan fingerprint density at radius 2 is 1.74 bits per heavy atom. The number of benzene rings is 2. The standard InChI is InChI=1S/C21H27NO5/c1-6-22(17-10-9-11-18(14-17)24-5)16(4)26-21(23)27-20-13-8-7-12-19(20)25-15(2)3/h7-16H,6H2,1-5H3. The minimum Gasteiger partial charge on any atom is -0.497 e. The first-order chi connectivity index (χ1) is 12.9. The van der Waals surface area contributed by atoms with E-state index in [9.17, 15) is 4.79 Å². The Morgan fingerprint density at radius 1 is 1.04 bits per heavy atom. The van der Waals surface area contributed by atoms with Crippen molar-refractivity contribution in [1.29, 1.82) is 0 Å². The van der Waals surface area contributed by atoms with Crippen LogP contribution in [-0.4, -0.2) is 32.1 Å². The van der Waals surface area contributed by atoms with E-state index in [2.05, 4.69) is 0 Å². The fourth-order valence-electron chi connectivity index (χ4n) is 2.64. The molecule has 2 aromatic carbocycles. The van der Waals surface area contributed by atoms with Crippen molar-refractivity contribution < 1.29 is 23.7 Å². The van der Waals surface area contributed by atoms with Gasteiger partial charge < -0.3 is 23.8 Å². The monoisotopic (exact) mass is 373 g/mol. The SMILES string of the molecule is CCN(c1cccc(OC)c1)C(C)OC(=O)Oc1ccccc1OC(C)C. The summed E-state index contributed by atoms with van der Waals surface area (Å²) in [5, 5.41) is 0. The molecule has 2 aromatic rings. The molecule has 0 heterocycles. The Bertz CT molecular complexity index is 747. The van der Waals surface area contributed by atoms with Gasteiger partial charge in [0.1, 0.15) is 5.75 Å². The lowest BCUT2D eigenvalue weighted by Crippen LogP contribution is -2.37. The minimum absolute atomic E-state index is 0.0339. The molecule has 0 aliphatic carbocycles. The molecule has 27 heavy (non-hydrogen) atoms. The first-order valence-electron chi connectivity index (χ1n) is 8.99. The number of para-hydroxylation sites is 2. The van der Waals surface area contributed by atoms with E-state index in [0.717, 1.165) is 11.4 Å². The zero-order chi connectivity index (χ0) is 19.8. The summed E-state index contributed by atoms with van der Waals surface area (Å²) < 4.78 is 21.7. The van der Waals surface area contributed by atoms with E-state index < -0.39 is 12.4 Å². The highest BCUT2D eigenvalue weighted by atomic mass is 16.7. The highest BCUT2D eigenvalue weighted by molar-refractivity contribution is 5.66. The van der Waals surface area contributed by atoms with Gasteiger partial charge >= 0.3 is 6.16 Å². The molecule has 0 amide bonds. The molecule has 0 fully saturated rings. The van der Waals surface area contributed by atoms with Crippen molar-refractivity contribution in [3.8, 4) is 17.2 Å². The Hall–Kier alpha value is -2.89. The second kappa shape index (κ2) is 9.71. The molecule has 6 nitrogen and oxygen atoms in total. The number of carbonyl (C=O) groups excluding carboxylic acids is 1. The fourth-order valence-corrected chi connectivity index (χ4v) is 2.64. The molecule has 0 saturated carbocycles. The molecule has 0 aliphatic rings. The number of methoxy groups -OCH3 is 1. The molecular weight excluding hydrogens is 346 g/mol. The molecule has 0 spiro atoms. The maximum absolute atomic E-state index is 12.3. The van der Waals surface area contributed by atoms with Crippen LogP contribution < -0.4 is 19.1 Å². The Labute approximate surface area is 160 Å². The number of anilines is 1. The Balaban J connectivity index is 2.06. The molecule has 0 aliphatic heterocycles. The van der Waals surface area contributed by atoms with Gasteiger partial charge in [0, 0.05) is 18.3 Å². The second-order valence-corrected chi connectivity index (χ2v) is 6.17. The van der Waals surface area contributed by atoms with Crippen molar-refractivity contribution >= 4 is 11.8 Å². The van der Waals surface area contributed by atoms with Gasteiger partial charge in [-0.25, -0.2) is 4.79 Å². The highest BCUT2D eigenvalue weighted by Gasteiger charge is 2.20. The summed E-state index contributed by atoms with van der Waals surface area (Å²) in [6, 6.07) is 14.6. The molecule has 0 saturated heterocycles. The smallest absolute Gasteiger partial charge is 0.497 e. The first kappa shape index (κ1) is 20.4. The zero-order valence-electron chi connectivity index (χ0n) is 16.5. The third kappa shape index (κ3) is 5.81. The second-order valence-electron chi connectivity index (χ2n) is 6.17. The van der Waals surface area contributed by atoms with Crippen LogP contribution in [0.1, 0.15) is 27.7 Å². The van der Waals surface area contributed by atoms with Gasteiger partial charge in [-0.3, -0.25) is 0 Å². The number of carbonyl (C=O) groups is 1. The summed E-state index contributed by atoms with van der Waals surface area (Å²) in [6.07, 6.45) is -1.34. The van der Waals surface area contributed by atoms with E-state index in [-0.39, 0.29) is 6.10 Å². The lowest BCUT2D eigenvalue weighted by molar-refractivity contribution is 0.0630. The largest absolute Gasteiger partial charge is 0.515 e. The van der Waals surface area contributed by atoms with Crippen LogP contribution in [0.4, 0.5) is 10.5 Å². The van der Waals surface area contributed by atoms with Crippen molar-refractivity contribution in [1.82, 2.24) is 0 Å². The maximum atomic E-state index is 12.3. The first-order valence-corrected chi connectivity index (χ1v) is 8.99. The number of hydrogen-bond acceptors (Lipinski definition) is 6. The molecule has 0 bridgehead atoms. The average Bonchev–Trinajstić information content (AvgIpc) is 2.63. The van der Waals surface area contributed by atoms with Crippen LogP contribution in [0.3, 0.4) is 0 Å². The van der Waals surface area contributed by atoms with Crippen molar-refractivity contribution in [2.24, 2.45) is 0 Å². The number of rotatable bonds is 8. The van der Waals surface area contributed by atoms with Crippen LogP contribution in [0.15, 0.2) is 48.5 Å². The molecule has 1 unspecified atom stereocenters. The van der Waals surface area contributed by atoms with Gasteiger partial charge in [0.05, 0.1) is 13.2 Å². The molecule has 1 atom stereocenters. The number of nitrogens with zero attached hydrogens (tertiary/aromatic N) is 1. The molecule has 2 rings (SSSR count). The molecule has 6 heteroatoms. The zero-order valence-corrected chi connectivity index (χ0v) is 16.5. The van der Waals surface area contributed by atoms with Crippen molar-refractivity contribution in [2.75, 3.05) is 18.6 Å². The average molecular weight is 373 g/mol. The summed E-state index contributed by atoms with van der Waals surface area (Å²) in [5.41, 5.74) is 0.890. The van der Waals surface area contributed by atoms with Crippen LogP contribution in [0.2, 0.25) is 0 Å². The van der Waals surface area contributed by atoms with Crippen molar-refractivity contribution in [3.63, 3.8) is 0 Å². The normalized spacial score (nSPS) is 11.6. The predicted octanol–water partition coefficient (Wildman–Crippen LogP) is 4.87. The van der Waals surface area contributed by atoms with Crippen LogP contribution in [-0.2, 0) is 4.74 Å². The summed E-state index contributed by atoms with van der Waals surface area (Å²) >= 11 is 0. The van der Waals surface area contributed by atoms with E-state index in [0.29, 0.717) is 18.0 Å². The van der Waals surface area contributed by atoms with E-state index in [1.54, 1.807) is 32.2 Å². The summed E-state index contributed by atoms with van der Waals surface area (Å²) in [5.74, 6) is 1.56. The van der Waals surface area contributed by atoms with E-state index in [4.69, 9.17) is 18.9 Å². The van der Waals surface area contributed by atoms with Crippen LogP contribution >= 0.6 is 0 Å². The molecule has 0 radical (unpaired) electrons. The van der Waals surface area contributed by atoms with Gasteiger partial charge in [0.2, 0.25) is 0 Å². The third-order valence-corrected chi connectivity index (χ3v) is 3.84. The lowest BCUT2D eigenvalue weighted by Gasteiger charge is -2.29.